The molecule has 0 unspecified atom stereocenters. The van der Waals surface area contributed by atoms with Crippen molar-refractivity contribution in [2.24, 2.45) is 0 Å². The fraction of sp³-hybridized carbons (Fsp3) is 0.857. The minimum absolute atomic E-state index is 0.203. The Morgan fingerprint density at radius 2 is 1.82 bits per heavy atom. The van der Waals surface area contributed by atoms with Crippen LogP contribution < -0.4 is 0 Å². The third-order valence-corrected chi connectivity index (χ3v) is 4.63. The van der Waals surface area contributed by atoms with Gasteiger partial charge in [-0.2, -0.15) is 0 Å². The van der Waals surface area contributed by atoms with Crippen molar-refractivity contribution >= 4 is 15.6 Å². The van der Waals surface area contributed by atoms with Crippen LogP contribution in [-0.2, 0) is 14.6 Å². The van der Waals surface area contributed by atoms with E-state index in [0.29, 0.717) is 12.8 Å². The number of sulfone groups is 1. The Kier molecular flexibility index (Phi) is 1.82. The van der Waals surface area contributed by atoms with E-state index >= 15 is 0 Å². The highest BCUT2D eigenvalue weighted by Crippen LogP contribution is 2.39. The molecule has 1 aliphatic rings. The van der Waals surface area contributed by atoms with Gasteiger partial charge in [0.05, 0.1) is 0 Å². The van der Waals surface area contributed by atoms with E-state index in [0.717, 1.165) is 12.7 Å². The molecule has 0 saturated heterocycles. The van der Waals surface area contributed by atoms with Crippen molar-refractivity contribution in [1.82, 2.24) is 0 Å². The fourth-order valence-corrected chi connectivity index (χ4v) is 3.03. The molecule has 0 aromatic heterocycles. The molecule has 1 fully saturated rings. The van der Waals surface area contributed by atoms with Gasteiger partial charge in [-0.25, -0.2) is 8.42 Å². The van der Waals surface area contributed by atoms with E-state index in [1.54, 1.807) is 0 Å². The van der Waals surface area contributed by atoms with E-state index in [-0.39, 0.29) is 5.78 Å². The molecule has 0 heterocycles. The maximum absolute atomic E-state index is 11.2. The Labute approximate surface area is 66.7 Å². The Morgan fingerprint density at radius 3 is 1.82 bits per heavy atom. The highest BCUT2D eigenvalue weighted by Gasteiger charge is 2.50. The SMILES string of the molecule is CC(=O)C1(S(C)(=O)=O)CCC1. The van der Waals surface area contributed by atoms with Crippen molar-refractivity contribution in [2.75, 3.05) is 6.26 Å². The Bertz CT molecular complexity index is 272. The average molecular weight is 176 g/mol. The van der Waals surface area contributed by atoms with Gasteiger partial charge in [0.1, 0.15) is 4.75 Å². The summed E-state index contributed by atoms with van der Waals surface area (Å²) in [5.41, 5.74) is 0. The fourth-order valence-electron chi connectivity index (χ4n) is 1.48. The largest absolute Gasteiger partial charge is 0.298 e. The summed E-state index contributed by atoms with van der Waals surface area (Å²) in [5, 5.41) is 0. The first-order valence-corrected chi connectivity index (χ1v) is 5.50. The van der Waals surface area contributed by atoms with Crippen LogP contribution in [0.3, 0.4) is 0 Å². The molecule has 1 aliphatic carbocycles. The van der Waals surface area contributed by atoms with E-state index in [1.165, 1.54) is 6.92 Å². The lowest BCUT2D eigenvalue weighted by Gasteiger charge is -2.37. The van der Waals surface area contributed by atoms with Gasteiger partial charge >= 0.3 is 0 Å². The van der Waals surface area contributed by atoms with Gasteiger partial charge in [0.15, 0.2) is 15.6 Å². The number of carbonyl (C=O) groups is 1. The number of carbonyl (C=O) groups excluding carboxylic acids is 1. The van der Waals surface area contributed by atoms with Crippen molar-refractivity contribution in [2.45, 2.75) is 30.9 Å². The Balaban J connectivity index is 3.04. The molecule has 3 nitrogen and oxygen atoms in total. The van der Waals surface area contributed by atoms with Gasteiger partial charge in [-0.3, -0.25) is 4.79 Å². The first-order valence-electron chi connectivity index (χ1n) is 3.61. The Hall–Kier alpha value is -0.380. The van der Waals surface area contributed by atoms with Gasteiger partial charge in [0.25, 0.3) is 0 Å². The molecule has 64 valence electrons. The molecule has 1 rings (SSSR count). The summed E-state index contributed by atoms with van der Waals surface area (Å²) in [7, 11) is -3.18. The van der Waals surface area contributed by atoms with Crippen LogP contribution in [-0.4, -0.2) is 25.2 Å². The predicted octanol–water partition coefficient (Wildman–Crippen LogP) is 0.543. The highest BCUT2D eigenvalue weighted by atomic mass is 32.2. The van der Waals surface area contributed by atoms with E-state index in [4.69, 9.17) is 0 Å². The van der Waals surface area contributed by atoms with Crippen LogP contribution in [0.5, 0.6) is 0 Å². The first-order chi connectivity index (χ1) is 4.90. The van der Waals surface area contributed by atoms with Crippen molar-refractivity contribution in [3.05, 3.63) is 0 Å². The van der Waals surface area contributed by atoms with Crippen LogP contribution in [0.2, 0.25) is 0 Å². The van der Waals surface area contributed by atoms with Gasteiger partial charge in [0, 0.05) is 6.26 Å². The van der Waals surface area contributed by atoms with Crippen LogP contribution in [0, 0.1) is 0 Å². The third kappa shape index (κ3) is 1.09. The van der Waals surface area contributed by atoms with Crippen LogP contribution >= 0.6 is 0 Å². The molecule has 0 radical (unpaired) electrons. The first kappa shape index (κ1) is 8.71. The van der Waals surface area contributed by atoms with Crippen LogP contribution in [0.25, 0.3) is 0 Å². The number of rotatable bonds is 2. The zero-order valence-corrected chi connectivity index (χ0v) is 7.57. The zero-order valence-electron chi connectivity index (χ0n) is 6.75. The monoisotopic (exact) mass is 176 g/mol. The summed E-state index contributed by atoms with van der Waals surface area (Å²) in [5.74, 6) is -0.203. The summed E-state index contributed by atoms with van der Waals surface area (Å²) >= 11 is 0. The van der Waals surface area contributed by atoms with Crippen molar-refractivity contribution in [3.63, 3.8) is 0 Å². The van der Waals surface area contributed by atoms with E-state index in [1.807, 2.05) is 0 Å². The quantitative estimate of drug-likeness (QED) is 0.617. The van der Waals surface area contributed by atoms with Gasteiger partial charge < -0.3 is 0 Å². The van der Waals surface area contributed by atoms with Crippen LogP contribution in [0.4, 0.5) is 0 Å². The predicted molar refractivity (Wildman–Crippen MR) is 42.1 cm³/mol. The van der Waals surface area contributed by atoms with Crippen molar-refractivity contribution in [3.8, 4) is 0 Å². The average Bonchev–Trinajstić information content (AvgIpc) is 1.52. The summed E-state index contributed by atoms with van der Waals surface area (Å²) in [6.07, 6.45) is 3.03. The normalized spacial score (nSPS) is 22.4. The lowest BCUT2D eigenvalue weighted by molar-refractivity contribution is -0.121. The molecule has 0 atom stereocenters. The molecule has 0 bridgehead atoms. The second-order valence-electron chi connectivity index (χ2n) is 3.18. The number of Topliss-reactive ketones (excluding diaryl/α,β-unsaturated/α-hetero) is 1. The molecule has 0 aromatic rings. The molecule has 0 N–H and O–H groups in total. The van der Waals surface area contributed by atoms with Crippen molar-refractivity contribution < 1.29 is 13.2 Å². The topological polar surface area (TPSA) is 51.2 Å². The summed E-state index contributed by atoms with van der Waals surface area (Å²) in [6, 6.07) is 0. The van der Waals surface area contributed by atoms with E-state index < -0.39 is 14.6 Å². The lowest BCUT2D eigenvalue weighted by Crippen LogP contribution is -2.50. The van der Waals surface area contributed by atoms with E-state index in [2.05, 4.69) is 0 Å². The summed E-state index contributed by atoms with van der Waals surface area (Å²) in [4.78, 5) is 11.0. The van der Waals surface area contributed by atoms with Gasteiger partial charge in [-0.05, 0) is 26.2 Å². The van der Waals surface area contributed by atoms with Gasteiger partial charge in [-0.1, -0.05) is 0 Å². The standard InChI is InChI=1S/C7H12O3S/c1-6(8)7(4-3-5-7)11(2,9)10/h3-5H2,1-2H3. The van der Waals surface area contributed by atoms with Crippen LogP contribution in [0.1, 0.15) is 26.2 Å². The maximum Gasteiger partial charge on any atom is 0.160 e. The van der Waals surface area contributed by atoms with Gasteiger partial charge in [-0.15, -0.1) is 0 Å². The second-order valence-corrected chi connectivity index (χ2v) is 5.50. The summed E-state index contributed by atoms with van der Waals surface area (Å²) in [6.45, 7) is 1.36. The molecule has 0 spiro atoms. The van der Waals surface area contributed by atoms with Gasteiger partial charge in [0.2, 0.25) is 0 Å². The third-order valence-electron chi connectivity index (χ3n) is 2.51. The molecule has 0 aromatic carbocycles. The van der Waals surface area contributed by atoms with E-state index in [9.17, 15) is 13.2 Å². The van der Waals surface area contributed by atoms with Crippen LogP contribution in [0.15, 0.2) is 0 Å². The Morgan fingerprint density at radius 1 is 1.36 bits per heavy atom. The minimum atomic E-state index is -3.18. The molecule has 11 heavy (non-hydrogen) atoms. The van der Waals surface area contributed by atoms with Crippen molar-refractivity contribution in [1.29, 1.82) is 0 Å². The summed E-state index contributed by atoms with van der Waals surface area (Å²) < 4.78 is 21.3. The smallest absolute Gasteiger partial charge is 0.160 e. The molecule has 4 heteroatoms. The maximum atomic E-state index is 11.2. The molecular formula is C7H12O3S. The zero-order chi connectivity index (χ0) is 8.70. The molecule has 0 aliphatic heterocycles. The molecule has 1 saturated carbocycles. The number of hydrogen-bond acceptors (Lipinski definition) is 3. The second kappa shape index (κ2) is 2.30. The number of ketones is 1. The minimum Gasteiger partial charge on any atom is -0.298 e. The highest BCUT2D eigenvalue weighted by molar-refractivity contribution is 7.93. The number of hydrogen-bond donors (Lipinski definition) is 0. The lowest BCUT2D eigenvalue weighted by atomic mass is 9.81. The molecular weight excluding hydrogens is 164 g/mol. The molecule has 0 amide bonds.